The van der Waals surface area contributed by atoms with E-state index in [4.69, 9.17) is 0 Å². The number of amides is 1. The minimum atomic E-state index is -0.0574. The fourth-order valence-electron chi connectivity index (χ4n) is 2.32. The lowest BCUT2D eigenvalue weighted by Crippen LogP contribution is -3.11. The van der Waals surface area contributed by atoms with E-state index in [-0.39, 0.29) is 11.7 Å². The molecule has 0 saturated carbocycles. The molecular weight excluding hydrogens is 388 g/mol. The Morgan fingerprint density at radius 1 is 1.25 bits per heavy atom. The maximum Gasteiger partial charge on any atom is 0.279 e. The molecule has 24 heavy (non-hydrogen) atoms. The first-order valence-corrected chi connectivity index (χ1v) is 9.18. The fraction of sp³-hybridized carbons (Fsp3) is 0.222. The van der Waals surface area contributed by atoms with Gasteiger partial charge in [0.05, 0.1) is 15.2 Å². The Hall–Kier alpha value is -1.76. The summed E-state index contributed by atoms with van der Waals surface area (Å²) < 4.78 is 1.09. The second-order valence-corrected chi connectivity index (χ2v) is 8.03. The van der Waals surface area contributed by atoms with Gasteiger partial charge in [0.2, 0.25) is 0 Å². The van der Waals surface area contributed by atoms with Crippen LogP contribution in [-0.2, 0) is 11.3 Å². The van der Waals surface area contributed by atoms with Gasteiger partial charge in [-0.1, -0.05) is 6.58 Å². The highest BCUT2D eigenvalue weighted by molar-refractivity contribution is 9.11. The number of carbonyl (C=O) groups is 2. The van der Waals surface area contributed by atoms with Crippen molar-refractivity contribution in [2.24, 2.45) is 0 Å². The van der Waals surface area contributed by atoms with E-state index in [1.54, 1.807) is 35.6 Å². The van der Waals surface area contributed by atoms with Crippen LogP contribution in [0.3, 0.4) is 0 Å². The first-order valence-electron chi connectivity index (χ1n) is 7.57. The van der Waals surface area contributed by atoms with Crippen molar-refractivity contribution in [3.8, 4) is 0 Å². The van der Waals surface area contributed by atoms with Gasteiger partial charge >= 0.3 is 0 Å². The SMILES string of the molecule is C=CC[NH+](CC(=O)Nc1ccc(C(C)=O)cc1)Cc1ccc(Br)s1. The number of anilines is 1. The second kappa shape index (κ2) is 8.92. The molecule has 0 fully saturated rings. The van der Waals surface area contributed by atoms with E-state index in [0.29, 0.717) is 24.3 Å². The number of hydrogen-bond acceptors (Lipinski definition) is 3. The molecule has 0 aliphatic rings. The smallest absolute Gasteiger partial charge is 0.279 e. The lowest BCUT2D eigenvalue weighted by atomic mass is 10.1. The van der Waals surface area contributed by atoms with Crippen LogP contribution in [0.5, 0.6) is 0 Å². The zero-order chi connectivity index (χ0) is 17.5. The largest absolute Gasteiger partial charge is 0.321 e. The Labute approximate surface area is 154 Å². The van der Waals surface area contributed by atoms with Crippen LogP contribution in [0.4, 0.5) is 5.69 Å². The van der Waals surface area contributed by atoms with Gasteiger partial charge < -0.3 is 10.2 Å². The van der Waals surface area contributed by atoms with Crippen molar-refractivity contribution >= 4 is 44.6 Å². The highest BCUT2D eigenvalue weighted by Gasteiger charge is 2.15. The molecule has 1 aromatic heterocycles. The number of carbonyl (C=O) groups excluding carboxylic acids is 2. The summed E-state index contributed by atoms with van der Waals surface area (Å²) in [6.07, 6.45) is 1.83. The van der Waals surface area contributed by atoms with Crippen LogP contribution in [-0.4, -0.2) is 24.8 Å². The van der Waals surface area contributed by atoms with Crippen LogP contribution < -0.4 is 10.2 Å². The van der Waals surface area contributed by atoms with Crippen LogP contribution in [0, 0.1) is 0 Å². The molecule has 0 aliphatic heterocycles. The summed E-state index contributed by atoms with van der Waals surface area (Å²) in [5.41, 5.74) is 1.33. The molecule has 4 nitrogen and oxygen atoms in total. The summed E-state index contributed by atoms with van der Waals surface area (Å²) in [5, 5.41) is 2.88. The minimum absolute atomic E-state index is 0.0107. The number of ketones is 1. The lowest BCUT2D eigenvalue weighted by Gasteiger charge is -2.16. The molecule has 2 aromatic rings. The van der Waals surface area contributed by atoms with Gasteiger partial charge in [0.1, 0.15) is 6.54 Å². The van der Waals surface area contributed by atoms with Crippen LogP contribution in [0.15, 0.2) is 52.8 Å². The van der Waals surface area contributed by atoms with Gasteiger partial charge in [0, 0.05) is 11.3 Å². The van der Waals surface area contributed by atoms with Crippen molar-refractivity contribution in [2.75, 3.05) is 18.4 Å². The van der Waals surface area contributed by atoms with Gasteiger partial charge in [-0.2, -0.15) is 0 Å². The van der Waals surface area contributed by atoms with Crippen molar-refractivity contribution in [1.82, 2.24) is 0 Å². The maximum absolute atomic E-state index is 12.3. The Morgan fingerprint density at radius 3 is 2.50 bits per heavy atom. The lowest BCUT2D eigenvalue weighted by molar-refractivity contribution is -0.899. The topological polar surface area (TPSA) is 50.6 Å². The van der Waals surface area contributed by atoms with E-state index < -0.39 is 0 Å². The standard InChI is InChI=1S/C18H19BrN2O2S/c1-3-10-21(11-16-8-9-17(19)24-16)12-18(23)20-15-6-4-14(5-7-15)13(2)22/h3-9H,1,10-12H2,2H3,(H,20,23)/p+1. The minimum Gasteiger partial charge on any atom is -0.321 e. The van der Waals surface area contributed by atoms with Gasteiger partial charge in [0.25, 0.3) is 5.91 Å². The second-order valence-electron chi connectivity index (χ2n) is 5.48. The van der Waals surface area contributed by atoms with Gasteiger partial charge in [-0.15, -0.1) is 11.3 Å². The Bertz CT molecular complexity index is 725. The zero-order valence-corrected chi connectivity index (χ0v) is 15.9. The molecular formula is C18H20BrN2O2S+. The number of halogens is 1. The quantitative estimate of drug-likeness (QED) is 0.521. The number of quaternary nitrogens is 1. The maximum atomic E-state index is 12.3. The van der Waals surface area contributed by atoms with Crippen molar-refractivity contribution in [3.63, 3.8) is 0 Å². The molecule has 1 amide bonds. The van der Waals surface area contributed by atoms with Crippen molar-refractivity contribution < 1.29 is 14.5 Å². The summed E-state index contributed by atoms with van der Waals surface area (Å²) in [7, 11) is 0. The van der Waals surface area contributed by atoms with E-state index in [2.05, 4.69) is 33.9 Å². The van der Waals surface area contributed by atoms with E-state index in [9.17, 15) is 9.59 Å². The molecule has 126 valence electrons. The van der Waals surface area contributed by atoms with E-state index >= 15 is 0 Å². The number of benzene rings is 1. The summed E-state index contributed by atoms with van der Waals surface area (Å²) in [5.74, 6) is -0.0466. The Kier molecular flexibility index (Phi) is 6.90. The molecule has 0 spiro atoms. The van der Waals surface area contributed by atoms with E-state index in [1.165, 1.54) is 11.8 Å². The molecule has 1 heterocycles. The summed E-state index contributed by atoms with van der Waals surface area (Å²) in [6, 6.07) is 11.0. The Balaban J connectivity index is 1.94. The highest BCUT2D eigenvalue weighted by atomic mass is 79.9. The monoisotopic (exact) mass is 407 g/mol. The molecule has 2 rings (SSSR count). The molecule has 6 heteroatoms. The number of Topliss-reactive ketones (excluding diaryl/α,β-unsaturated/α-hetero) is 1. The molecule has 0 bridgehead atoms. The van der Waals surface area contributed by atoms with Crippen LogP contribution in [0.2, 0.25) is 0 Å². The fourth-order valence-corrected chi connectivity index (χ4v) is 3.88. The molecule has 0 aliphatic carbocycles. The average molecular weight is 408 g/mol. The number of hydrogen-bond donors (Lipinski definition) is 2. The van der Waals surface area contributed by atoms with Gasteiger partial charge in [-0.3, -0.25) is 9.59 Å². The summed E-state index contributed by atoms with van der Waals surface area (Å²) in [4.78, 5) is 25.9. The summed E-state index contributed by atoms with van der Waals surface area (Å²) in [6.45, 7) is 7.14. The zero-order valence-electron chi connectivity index (χ0n) is 13.5. The van der Waals surface area contributed by atoms with Crippen molar-refractivity contribution in [3.05, 3.63) is 63.3 Å². The highest BCUT2D eigenvalue weighted by Crippen LogP contribution is 2.21. The number of thiophene rings is 1. The molecule has 0 saturated heterocycles. The molecule has 2 N–H and O–H groups in total. The first-order chi connectivity index (χ1) is 11.5. The van der Waals surface area contributed by atoms with E-state index in [1.807, 2.05) is 12.1 Å². The third-order valence-electron chi connectivity index (χ3n) is 3.47. The van der Waals surface area contributed by atoms with Gasteiger partial charge in [-0.05, 0) is 65.3 Å². The third-order valence-corrected chi connectivity index (χ3v) is 5.10. The predicted octanol–water partition coefficient (Wildman–Crippen LogP) is 2.92. The molecule has 0 radical (unpaired) electrons. The summed E-state index contributed by atoms with van der Waals surface area (Å²) >= 11 is 5.13. The van der Waals surface area contributed by atoms with Crippen LogP contribution in [0.25, 0.3) is 0 Å². The predicted molar refractivity (Wildman–Crippen MR) is 102 cm³/mol. The molecule has 1 aromatic carbocycles. The first kappa shape index (κ1) is 18.6. The van der Waals surface area contributed by atoms with Crippen LogP contribution >= 0.6 is 27.3 Å². The normalized spacial score (nSPS) is 11.8. The number of nitrogens with one attached hydrogen (secondary N) is 2. The third kappa shape index (κ3) is 5.70. The van der Waals surface area contributed by atoms with Crippen LogP contribution in [0.1, 0.15) is 22.2 Å². The molecule has 1 unspecified atom stereocenters. The van der Waals surface area contributed by atoms with E-state index in [0.717, 1.165) is 15.2 Å². The average Bonchev–Trinajstić information content (AvgIpc) is 2.93. The Morgan fingerprint density at radius 2 is 1.96 bits per heavy atom. The number of rotatable bonds is 8. The van der Waals surface area contributed by atoms with Crippen molar-refractivity contribution in [2.45, 2.75) is 13.5 Å². The molecule has 1 atom stereocenters. The van der Waals surface area contributed by atoms with Gasteiger partial charge in [0.15, 0.2) is 12.3 Å². The van der Waals surface area contributed by atoms with Gasteiger partial charge in [-0.25, -0.2) is 0 Å². The van der Waals surface area contributed by atoms with Crippen molar-refractivity contribution in [1.29, 1.82) is 0 Å².